The van der Waals surface area contributed by atoms with Crippen molar-refractivity contribution in [1.82, 2.24) is 20.0 Å². The molecule has 1 N–H and O–H groups in total. The van der Waals surface area contributed by atoms with Gasteiger partial charge < -0.3 is 34.2 Å². The Labute approximate surface area is 187 Å². The van der Waals surface area contributed by atoms with Crippen LogP contribution in [0.3, 0.4) is 0 Å². The molecule has 0 unspecified atom stereocenters. The molecule has 0 amide bonds. The molecule has 0 aliphatic carbocycles. The highest BCUT2D eigenvalue weighted by atomic mass is 16.5. The van der Waals surface area contributed by atoms with Crippen LogP contribution in [0.5, 0.6) is 0 Å². The zero-order chi connectivity index (χ0) is 23.5. The number of methoxy groups -OCH3 is 3. The van der Waals surface area contributed by atoms with Crippen LogP contribution in [0.4, 0.5) is 0 Å². The second-order valence-corrected chi connectivity index (χ2v) is 7.53. The number of hydrogen-bond donors (Lipinski definition) is 1. The van der Waals surface area contributed by atoms with Crippen molar-refractivity contribution in [3.05, 3.63) is 0 Å². The molecule has 0 aromatic heterocycles. The number of rotatable bonds is 19. The van der Waals surface area contributed by atoms with Crippen molar-refractivity contribution >= 4 is 17.9 Å². The average molecular weight is 447 g/mol. The minimum Gasteiger partial charge on any atom is -0.469 e. The Bertz CT molecular complexity index is 486. The average Bonchev–Trinajstić information content (AvgIpc) is 2.77. The second-order valence-electron chi connectivity index (χ2n) is 7.53. The fraction of sp³-hybridized carbons (Fsp3) is 0.857. The molecular formula is C21H42N4O6. The third kappa shape index (κ3) is 17.6. The van der Waals surface area contributed by atoms with Crippen LogP contribution in [0.1, 0.15) is 25.7 Å². The van der Waals surface area contributed by atoms with Crippen LogP contribution in [-0.2, 0) is 28.6 Å². The van der Waals surface area contributed by atoms with Crippen molar-refractivity contribution in [1.29, 1.82) is 0 Å². The summed E-state index contributed by atoms with van der Waals surface area (Å²) in [5.41, 5.74) is 0. The number of carbonyl (C=O) groups excluding carboxylic acids is 3. The third-order valence-corrected chi connectivity index (χ3v) is 5.00. The molecule has 0 aromatic carbocycles. The van der Waals surface area contributed by atoms with Crippen LogP contribution in [-0.4, -0.2) is 127 Å². The molecular weight excluding hydrogens is 404 g/mol. The summed E-state index contributed by atoms with van der Waals surface area (Å²) in [6.07, 6.45) is 2.04. The molecule has 0 heterocycles. The van der Waals surface area contributed by atoms with Crippen LogP contribution in [0.15, 0.2) is 0 Å². The van der Waals surface area contributed by atoms with Gasteiger partial charge in [-0.3, -0.25) is 14.4 Å². The summed E-state index contributed by atoms with van der Waals surface area (Å²) in [4.78, 5) is 40.5. The van der Waals surface area contributed by atoms with E-state index < -0.39 is 0 Å². The third-order valence-electron chi connectivity index (χ3n) is 5.00. The molecule has 31 heavy (non-hydrogen) atoms. The highest BCUT2D eigenvalue weighted by Gasteiger charge is 2.12. The van der Waals surface area contributed by atoms with Gasteiger partial charge in [-0.15, -0.1) is 0 Å². The summed E-state index contributed by atoms with van der Waals surface area (Å²) in [5.74, 6) is -0.698. The molecule has 0 radical (unpaired) electrons. The Kier molecular flexibility index (Phi) is 17.9. The Hall–Kier alpha value is -1.75. The SMILES string of the molecule is COC(=O)CCNCCN(C)CCCN(C)CCN(CCC(=O)OC)CCC(=O)OC. The first-order chi connectivity index (χ1) is 14.8. The predicted octanol–water partition coefficient (Wildman–Crippen LogP) is -0.179. The Morgan fingerprint density at radius 2 is 1.10 bits per heavy atom. The first-order valence-corrected chi connectivity index (χ1v) is 10.8. The molecule has 182 valence electrons. The first kappa shape index (κ1) is 29.2. The smallest absolute Gasteiger partial charge is 0.306 e. The maximum absolute atomic E-state index is 11.4. The maximum atomic E-state index is 11.4. The lowest BCUT2D eigenvalue weighted by molar-refractivity contribution is -0.142. The summed E-state index contributed by atoms with van der Waals surface area (Å²) in [6, 6.07) is 0. The van der Waals surface area contributed by atoms with Crippen LogP contribution in [0.25, 0.3) is 0 Å². The van der Waals surface area contributed by atoms with E-state index in [2.05, 4.69) is 38.8 Å². The summed E-state index contributed by atoms with van der Waals surface area (Å²) in [5, 5.41) is 3.24. The lowest BCUT2D eigenvalue weighted by atomic mass is 10.3. The van der Waals surface area contributed by atoms with Gasteiger partial charge in [0.1, 0.15) is 0 Å². The zero-order valence-electron chi connectivity index (χ0n) is 20.0. The van der Waals surface area contributed by atoms with E-state index in [1.165, 1.54) is 21.3 Å². The quantitative estimate of drug-likeness (QED) is 0.163. The lowest BCUT2D eigenvalue weighted by Crippen LogP contribution is -2.37. The number of nitrogens with one attached hydrogen (secondary N) is 1. The van der Waals surface area contributed by atoms with E-state index in [1.807, 2.05) is 0 Å². The molecule has 0 bridgehead atoms. The van der Waals surface area contributed by atoms with E-state index in [0.29, 0.717) is 38.9 Å². The van der Waals surface area contributed by atoms with E-state index >= 15 is 0 Å². The monoisotopic (exact) mass is 446 g/mol. The molecule has 0 fully saturated rings. The topological polar surface area (TPSA) is 101 Å². The Morgan fingerprint density at radius 1 is 0.613 bits per heavy atom. The van der Waals surface area contributed by atoms with Crippen LogP contribution >= 0.6 is 0 Å². The van der Waals surface area contributed by atoms with Crippen molar-refractivity contribution in [3.63, 3.8) is 0 Å². The van der Waals surface area contributed by atoms with Crippen molar-refractivity contribution in [2.45, 2.75) is 25.7 Å². The van der Waals surface area contributed by atoms with Gasteiger partial charge in [0.2, 0.25) is 0 Å². The summed E-state index contributed by atoms with van der Waals surface area (Å²) < 4.78 is 14.0. The number of ether oxygens (including phenoxy) is 3. The highest BCUT2D eigenvalue weighted by Crippen LogP contribution is 1.99. The molecule has 10 heteroatoms. The van der Waals surface area contributed by atoms with Gasteiger partial charge >= 0.3 is 17.9 Å². The number of nitrogens with zero attached hydrogens (tertiary/aromatic N) is 3. The van der Waals surface area contributed by atoms with Crippen molar-refractivity contribution in [2.75, 3.05) is 94.3 Å². The summed E-state index contributed by atoms with van der Waals surface area (Å²) >= 11 is 0. The number of carbonyl (C=O) groups is 3. The van der Waals surface area contributed by atoms with Gasteiger partial charge in [-0.1, -0.05) is 0 Å². The minimum atomic E-state index is -0.251. The van der Waals surface area contributed by atoms with Crippen molar-refractivity contribution < 1.29 is 28.6 Å². The Balaban J connectivity index is 4.02. The van der Waals surface area contributed by atoms with Gasteiger partial charge in [-0.25, -0.2) is 0 Å². The number of hydrogen-bond acceptors (Lipinski definition) is 10. The Morgan fingerprint density at radius 3 is 1.61 bits per heavy atom. The summed E-state index contributed by atoms with van der Waals surface area (Å²) in [7, 11) is 8.32. The van der Waals surface area contributed by atoms with Crippen LogP contribution in [0.2, 0.25) is 0 Å². The number of esters is 3. The molecule has 0 aliphatic heterocycles. The van der Waals surface area contributed by atoms with Gasteiger partial charge in [-0.2, -0.15) is 0 Å². The van der Waals surface area contributed by atoms with E-state index in [0.717, 1.165) is 45.7 Å². The molecule has 0 aromatic rings. The van der Waals surface area contributed by atoms with Gasteiger partial charge in [-0.05, 0) is 33.6 Å². The molecule has 0 rings (SSSR count). The predicted molar refractivity (Wildman–Crippen MR) is 119 cm³/mol. The fourth-order valence-electron chi connectivity index (χ4n) is 2.87. The molecule has 10 nitrogen and oxygen atoms in total. The minimum absolute atomic E-state index is 0.196. The summed E-state index contributed by atoms with van der Waals surface area (Å²) in [6.45, 7) is 7.06. The van der Waals surface area contributed by atoms with E-state index in [-0.39, 0.29) is 17.9 Å². The molecule has 0 saturated heterocycles. The van der Waals surface area contributed by atoms with E-state index in [1.54, 1.807) is 0 Å². The van der Waals surface area contributed by atoms with Crippen molar-refractivity contribution in [3.8, 4) is 0 Å². The number of likely N-dealkylation sites (N-methyl/N-ethyl adjacent to an activating group) is 2. The van der Waals surface area contributed by atoms with Gasteiger partial charge in [0, 0.05) is 45.8 Å². The largest absolute Gasteiger partial charge is 0.469 e. The molecule has 0 spiro atoms. The first-order valence-electron chi connectivity index (χ1n) is 10.8. The van der Waals surface area contributed by atoms with Gasteiger partial charge in [0.15, 0.2) is 0 Å². The standard InChI is InChI=1S/C21H42N4O6/c1-23(16-11-22-10-7-19(26)29-3)12-6-13-24(2)17-18-25(14-8-20(27)30-4)15-9-21(28)31-5/h22H,6-18H2,1-5H3. The second kappa shape index (κ2) is 19.0. The fourth-order valence-corrected chi connectivity index (χ4v) is 2.87. The maximum Gasteiger partial charge on any atom is 0.306 e. The zero-order valence-corrected chi connectivity index (χ0v) is 20.0. The van der Waals surface area contributed by atoms with Crippen LogP contribution < -0.4 is 5.32 Å². The normalized spacial score (nSPS) is 11.2. The van der Waals surface area contributed by atoms with Crippen molar-refractivity contribution in [2.24, 2.45) is 0 Å². The van der Waals surface area contributed by atoms with Gasteiger partial charge in [0.05, 0.1) is 40.6 Å². The molecule has 0 saturated carbocycles. The van der Waals surface area contributed by atoms with Gasteiger partial charge in [0.25, 0.3) is 0 Å². The van der Waals surface area contributed by atoms with Crippen LogP contribution in [0, 0.1) is 0 Å². The highest BCUT2D eigenvalue weighted by molar-refractivity contribution is 5.70. The molecule has 0 atom stereocenters. The van der Waals surface area contributed by atoms with E-state index in [4.69, 9.17) is 9.47 Å². The lowest BCUT2D eigenvalue weighted by Gasteiger charge is -2.25. The molecule has 0 aliphatic rings. The van der Waals surface area contributed by atoms with E-state index in [9.17, 15) is 14.4 Å².